The number of para-hydroxylation sites is 1. The molecule has 1 heterocycles. The summed E-state index contributed by atoms with van der Waals surface area (Å²) in [7, 11) is 4.75. The van der Waals surface area contributed by atoms with Crippen molar-refractivity contribution in [2.75, 3.05) is 27.1 Å². The first kappa shape index (κ1) is 21.4. The molecule has 0 atom stereocenters. The number of hydrazone groups is 1. The molecule has 3 rings (SSSR count). The average molecular weight is 426 g/mol. The number of hydrogen-bond donors (Lipinski definition) is 1. The van der Waals surface area contributed by atoms with E-state index in [1.165, 1.54) is 18.0 Å². The number of rotatable bonds is 8. The van der Waals surface area contributed by atoms with Crippen LogP contribution in [0.15, 0.2) is 52.5 Å². The molecule has 7 nitrogen and oxygen atoms in total. The first-order valence-corrected chi connectivity index (χ1v) is 10.2. The summed E-state index contributed by atoms with van der Waals surface area (Å²) >= 11 is 1.43. The van der Waals surface area contributed by atoms with Crippen LogP contribution in [-0.4, -0.2) is 44.2 Å². The van der Waals surface area contributed by atoms with Crippen LogP contribution in [-0.2, 0) is 4.79 Å². The van der Waals surface area contributed by atoms with Gasteiger partial charge in [0, 0.05) is 21.5 Å². The van der Waals surface area contributed by atoms with Gasteiger partial charge in [-0.1, -0.05) is 6.07 Å². The molecule has 0 fully saturated rings. The number of aryl methyl sites for hydroxylation is 1. The van der Waals surface area contributed by atoms with E-state index in [4.69, 9.17) is 14.2 Å². The fraction of sp³-hybridized carbons (Fsp3) is 0.227. The number of fused-ring (bicyclic) bond motifs is 1. The number of ether oxygens (including phenoxy) is 3. The number of aromatic nitrogens is 1. The summed E-state index contributed by atoms with van der Waals surface area (Å²) < 4.78 is 15.9. The summed E-state index contributed by atoms with van der Waals surface area (Å²) in [6, 6.07) is 13.1. The summed E-state index contributed by atoms with van der Waals surface area (Å²) in [5, 5.41) is 4.99. The van der Waals surface area contributed by atoms with Crippen molar-refractivity contribution < 1.29 is 19.0 Å². The van der Waals surface area contributed by atoms with E-state index in [2.05, 4.69) is 15.5 Å². The number of nitrogens with zero attached hydrogens (tertiary/aromatic N) is 2. The zero-order valence-corrected chi connectivity index (χ0v) is 18.1. The maximum atomic E-state index is 12.3. The summed E-state index contributed by atoms with van der Waals surface area (Å²) in [4.78, 5) is 17.8. The molecule has 0 radical (unpaired) electrons. The van der Waals surface area contributed by atoms with Gasteiger partial charge in [0.05, 0.1) is 38.8 Å². The third-order valence-corrected chi connectivity index (χ3v) is 5.35. The third kappa shape index (κ3) is 5.01. The van der Waals surface area contributed by atoms with Crippen LogP contribution in [0, 0.1) is 6.92 Å². The van der Waals surface area contributed by atoms with Crippen LogP contribution in [0.4, 0.5) is 0 Å². The van der Waals surface area contributed by atoms with Gasteiger partial charge in [0.1, 0.15) is 5.75 Å². The number of pyridine rings is 1. The molecule has 0 unspecified atom stereocenters. The van der Waals surface area contributed by atoms with E-state index in [-0.39, 0.29) is 11.7 Å². The van der Waals surface area contributed by atoms with Crippen molar-refractivity contribution in [2.45, 2.75) is 11.8 Å². The Morgan fingerprint density at radius 1 is 1.13 bits per heavy atom. The van der Waals surface area contributed by atoms with Gasteiger partial charge in [-0.3, -0.25) is 9.78 Å². The van der Waals surface area contributed by atoms with E-state index in [1.54, 1.807) is 27.4 Å². The number of carbonyl (C=O) groups is 1. The fourth-order valence-corrected chi connectivity index (χ4v) is 3.83. The maximum absolute atomic E-state index is 12.3. The van der Waals surface area contributed by atoms with Crippen molar-refractivity contribution >= 4 is 34.8 Å². The molecule has 1 N–H and O–H groups in total. The van der Waals surface area contributed by atoms with Crippen molar-refractivity contribution in [3.05, 3.63) is 53.7 Å². The molecule has 0 bridgehead atoms. The van der Waals surface area contributed by atoms with E-state index in [9.17, 15) is 4.79 Å². The molecule has 156 valence electrons. The van der Waals surface area contributed by atoms with Gasteiger partial charge in [-0.25, -0.2) is 5.43 Å². The lowest BCUT2D eigenvalue weighted by Gasteiger charge is -2.10. The second-order valence-corrected chi connectivity index (χ2v) is 7.33. The Labute approximate surface area is 179 Å². The lowest BCUT2D eigenvalue weighted by atomic mass is 10.2. The molecule has 30 heavy (non-hydrogen) atoms. The van der Waals surface area contributed by atoms with Crippen molar-refractivity contribution in [1.82, 2.24) is 10.4 Å². The molecule has 3 aromatic rings. The lowest BCUT2D eigenvalue weighted by Crippen LogP contribution is -2.19. The highest BCUT2D eigenvalue weighted by Gasteiger charge is 2.10. The quantitative estimate of drug-likeness (QED) is 0.336. The van der Waals surface area contributed by atoms with Gasteiger partial charge in [0.2, 0.25) is 5.91 Å². The molecule has 8 heteroatoms. The zero-order chi connectivity index (χ0) is 21.5. The summed E-state index contributed by atoms with van der Waals surface area (Å²) in [6.45, 7) is 1.93. The van der Waals surface area contributed by atoms with Crippen LogP contribution in [0.2, 0.25) is 0 Å². The molecule has 2 aromatic carbocycles. The topological polar surface area (TPSA) is 82.0 Å². The number of methoxy groups -OCH3 is 3. The summed E-state index contributed by atoms with van der Waals surface area (Å²) in [5.74, 6) is 1.89. The molecule has 0 spiro atoms. The molecule has 0 saturated carbocycles. The van der Waals surface area contributed by atoms with Gasteiger partial charge >= 0.3 is 0 Å². The Morgan fingerprint density at radius 2 is 1.97 bits per heavy atom. The minimum atomic E-state index is -0.219. The highest BCUT2D eigenvalue weighted by atomic mass is 32.2. The highest BCUT2D eigenvalue weighted by Crippen LogP contribution is 2.31. The Hall–Kier alpha value is -3.26. The molecule has 0 aliphatic heterocycles. The number of benzene rings is 2. The lowest BCUT2D eigenvalue weighted by molar-refractivity contribution is -0.118. The largest absolute Gasteiger partial charge is 0.497 e. The smallest absolute Gasteiger partial charge is 0.250 e. The Balaban J connectivity index is 1.68. The number of thioether (sulfide) groups is 1. The summed E-state index contributed by atoms with van der Waals surface area (Å²) in [6.07, 6.45) is 1.53. The second kappa shape index (κ2) is 9.98. The standard InChI is InChI=1S/C22H23N3O4S/c1-14-10-20(17-11-16(27-2)8-9-18(17)24-14)30-13-21(26)25-23-12-15-6-5-7-19(28-3)22(15)29-4/h5-12H,13H2,1-4H3,(H,25,26)/b23-12+. The number of carbonyl (C=O) groups excluding carboxylic acids is 1. The second-order valence-electron chi connectivity index (χ2n) is 6.31. The Kier molecular flexibility index (Phi) is 7.13. The van der Waals surface area contributed by atoms with Crippen molar-refractivity contribution in [3.8, 4) is 17.2 Å². The first-order chi connectivity index (χ1) is 14.5. The van der Waals surface area contributed by atoms with Crippen LogP contribution in [0.1, 0.15) is 11.3 Å². The zero-order valence-electron chi connectivity index (χ0n) is 17.3. The van der Waals surface area contributed by atoms with Gasteiger partial charge in [-0.15, -0.1) is 11.8 Å². The van der Waals surface area contributed by atoms with Crippen LogP contribution in [0.3, 0.4) is 0 Å². The van der Waals surface area contributed by atoms with Gasteiger partial charge in [-0.2, -0.15) is 5.10 Å². The SMILES string of the molecule is COc1ccc2nc(C)cc(SCC(=O)N/N=C/c3cccc(OC)c3OC)c2c1. The van der Waals surface area contributed by atoms with Gasteiger partial charge in [-0.05, 0) is 43.3 Å². The molecule has 0 aliphatic carbocycles. The molecular formula is C22H23N3O4S. The van der Waals surface area contributed by atoms with Crippen molar-refractivity contribution in [2.24, 2.45) is 5.10 Å². The number of nitrogens with one attached hydrogen (secondary N) is 1. The molecule has 1 amide bonds. The number of hydrogen-bond acceptors (Lipinski definition) is 7. The molecule has 0 aliphatic rings. The van der Waals surface area contributed by atoms with Crippen LogP contribution in [0.25, 0.3) is 10.9 Å². The first-order valence-electron chi connectivity index (χ1n) is 9.16. The summed E-state index contributed by atoms with van der Waals surface area (Å²) in [5.41, 5.74) is 5.00. The third-order valence-electron chi connectivity index (χ3n) is 4.29. The molecular weight excluding hydrogens is 402 g/mol. The van der Waals surface area contributed by atoms with Crippen molar-refractivity contribution in [1.29, 1.82) is 0 Å². The highest BCUT2D eigenvalue weighted by molar-refractivity contribution is 8.00. The average Bonchev–Trinajstić information content (AvgIpc) is 2.76. The van der Waals surface area contributed by atoms with Gasteiger partial charge < -0.3 is 14.2 Å². The van der Waals surface area contributed by atoms with Crippen molar-refractivity contribution in [3.63, 3.8) is 0 Å². The Bertz CT molecular complexity index is 1090. The van der Waals surface area contributed by atoms with E-state index in [0.717, 1.165) is 27.2 Å². The van der Waals surface area contributed by atoms with E-state index in [0.29, 0.717) is 17.1 Å². The maximum Gasteiger partial charge on any atom is 0.250 e. The monoisotopic (exact) mass is 425 g/mol. The van der Waals surface area contributed by atoms with E-state index in [1.807, 2.05) is 43.3 Å². The van der Waals surface area contributed by atoms with Gasteiger partial charge in [0.15, 0.2) is 11.5 Å². The van der Waals surface area contributed by atoms with Crippen LogP contribution >= 0.6 is 11.8 Å². The molecule has 0 saturated heterocycles. The predicted molar refractivity (Wildman–Crippen MR) is 119 cm³/mol. The minimum absolute atomic E-state index is 0.211. The minimum Gasteiger partial charge on any atom is -0.497 e. The predicted octanol–water partition coefficient (Wildman–Crippen LogP) is 3.81. The fourth-order valence-electron chi connectivity index (χ4n) is 2.91. The van der Waals surface area contributed by atoms with E-state index < -0.39 is 0 Å². The van der Waals surface area contributed by atoms with Crippen LogP contribution < -0.4 is 19.6 Å². The normalized spacial score (nSPS) is 10.9. The van der Waals surface area contributed by atoms with Gasteiger partial charge in [0.25, 0.3) is 0 Å². The molecule has 1 aromatic heterocycles. The number of amides is 1. The van der Waals surface area contributed by atoms with Crippen LogP contribution in [0.5, 0.6) is 17.2 Å². The Morgan fingerprint density at radius 3 is 2.70 bits per heavy atom. The van der Waals surface area contributed by atoms with E-state index >= 15 is 0 Å².